The summed E-state index contributed by atoms with van der Waals surface area (Å²) in [7, 11) is 0. The Kier molecular flexibility index (Phi) is 4.59. The quantitative estimate of drug-likeness (QED) is 0.904. The highest BCUT2D eigenvalue weighted by atomic mass is 35.5. The number of piperidine rings is 1. The average molecular weight is 337 g/mol. The highest BCUT2D eigenvalue weighted by Crippen LogP contribution is 2.28. The van der Waals surface area contributed by atoms with Crippen molar-refractivity contribution in [3.63, 3.8) is 0 Å². The average Bonchev–Trinajstić information content (AvgIpc) is 2.93. The van der Waals surface area contributed by atoms with Crippen LogP contribution in [0.5, 0.6) is 0 Å². The molecule has 2 heterocycles. The maximum Gasteiger partial charge on any atom is 0.323 e. The fourth-order valence-electron chi connectivity index (χ4n) is 2.69. The van der Waals surface area contributed by atoms with Crippen LogP contribution in [-0.2, 0) is 0 Å². The number of nitrogens with zero attached hydrogens (tertiary/aromatic N) is 3. The molecular weight excluding hydrogens is 320 g/mol. The molecule has 0 saturated carbocycles. The maximum atomic E-state index is 12.3. The number of urea groups is 1. The van der Waals surface area contributed by atoms with Crippen LogP contribution in [-0.4, -0.2) is 33.4 Å². The lowest BCUT2D eigenvalue weighted by Crippen LogP contribution is -2.41. The molecule has 1 aromatic heterocycles. The zero-order chi connectivity index (χ0) is 15.5. The van der Waals surface area contributed by atoms with Gasteiger partial charge in [-0.05, 0) is 37.5 Å². The van der Waals surface area contributed by atoms with Crippen molar-refractivity contribution < 1.29 is 4.79 Å². The molecule has 0 spiro atoms. The van der Waals surface area contributed by atoms with E-state index in [4.69, 9.17) is 11.6 Å². The van der Waals surface area contributed by atoms with Crippen LogP contribution < -0.4 is 5.32 Å². The van der Waals surface area contributed by atoms with Crippen LogP contribution in [0, 0.1) is 6.92 Å². The van der Waals surface area contributed by atoms with Gasteiger partial charge >= 0.3 is 6.03 Å². The maximum absolute atomic E-state index is 12.3. The fraction of sp³-hybridized carbons (Fsp3) is 0.400. The first-order valence-corrected chi connectivity index (χ1v) is 8.38. The van der Waals surface area contributed by atoms with Crippen molar-refractivity contribution >= 4 is 34.3 Å². The van der Waals surface area contributed by atoms with Crippen molar-refractivity contribution in [1.82, 2.24) is 14.3 Å². The van der Waals surface area contributed by atoms with Crippen LogP contribution in [0.4, 0.5) is 9.93 Å². The molecule has 1 atom stereocenters. The molecule has 1 aliphatic rings. The van der Waals surface area contributed by atoms with E-state index in [2.05, 4.69) is 14.7 Å². The second-order valence-electron chi connectivity index (χ2n) is 5.41. The van der Waals surface area contributed by atoms with E-state index in [0.717, 1.165) is 24.4 Å². The molecule has 2 aromatic rings. The lowest BCUT2D eigenvalue weighted by molar-refractivity contribution is 0.193. The van der Waals surface area contributed by atoms with Crippen LogP contribution in [0.1, 0.15) is 30.1 Å². The molecule has 2 amide bonds. The molecule has 7 heteroatoms. The minimum atomic E-state index is -0.102. The summed E-state index contributed by atoms with van der Waals surface area (Å²) in [5, 5.41) is 4.11. The van der Waals surface area contributed by atoms with E-state index < -0.39 is 0 Å². The van der Waals surface area contributed by atoms with Crippen LogP contribution in [0.3, 0.4) is 0 Å². The number of carbonyl (C=O) groups excluding carboxylic acids is 1. The number of rotatable bonds is 2. The molecule has 1 saturated heterocycles. The van der Waals surface area contributed by atoms with Gasteiger partial charge in [-0.3, -0.25) is 5.32 Å². The van der Waals surface area contributed by atoms with Crippen molar-refractivity contribution in [2.75, 3.05) is 18.4 Å². The molecular formula is C15H17ClN4OS. The number of anilines is 1. The lowest BCUT2D eigenvalue weighted by Gasteiger charge is -2.32. The fourth-order valence-corrected chi connectivity index (χ4v) is 3.38. The summed E-state index contributed by atoms with van der Waals surface area (Å²) >= 11 is 7.14. The summed E-state index contributed by atoms with van der Waals surface area (Å²) in [5.74, 6) is 1.03. The first kappa shape index (κ1) is 15.2. The largest absolute Gasteiger partial charge is 0.324 e. The minimum absolute atomic E-state index is 0.102. The number of hydrogen-bond acceptors (Lipinski definition) is 4. The van der Waals surface area contributed by atoms with Crippen molar-refractivity contribution in [1.29, 1.82) is 0 Å². The third-order valence-corrected chi connectivity index (χ3v) is 4.77. The van der Waals surface area contributed by atoms with Crippen LogP contribution >= 0.6 is 23.1 Å². The van der Waals surface area contributed by atoms with Gasteiger partial charge in [0.1, 0.15) is 5.82 Å². The van der Waals surface area contributed by atoms with Crippen LogP contribution in [0.25, 0.3) is 0 Å². The second kappa shape index (κ2) is 6.62. The Hall–Kier alpha value is -1.66. The molecule has 0 aliphatic carbocycles. The van der Waals surface area contributed by atoms with Gasteiger partial charge in [-0.25, -0.2) is 9.78 Å². The summed E-state index contributed by atoms with van der Waals surface area (Å²) < 4.78 is 4.07. The van der Waals surface area contributed by atoms with Gasteiger partial charge in [0.15, 0.2) is 0 Å². The standard InChI is InChI=1S/C15H17ClN4OS/c1-10-17-14(22-19-10)18-15(21)20-8-2-3-12(9-20)11-4-6-13(16)7-5-11/h4-7,12H,2-3,8-9H2,1H3,(H,17,18,19,21). The second-order valence-corrected chi connectivity index (χ2v) is 6.60. The van der Waals surface area contributed by atoms with E-state index in [-0.39, 0.29) is 6.03 Å². The van der Waals surface area contributed by atoms with Gasteiger partial charge in [-0.1, -0.05) is 23.7 Å². The summed E-state index contributed by atoms with van der Waals surface area (Å²) in [5.41, 5.74) is 1.23. The number of likely N-dealkylation sites (tertiary alicyclic amines) is 1. The predicted octanol–water partition coefficient (Wildman–Crippen LogP) is 3.91. The molecule has 1 aliphatic heterocycles. The van der Waals surface area contributed by atoms with E-state index in [1.54, 1.807) is 0 Å². The number of amides is 2. The van der Waals surface area contributed by atoms with E-state index in [1.165, 1.54) is 17.1 Å². The van der Waals surface area contributed by atoms with Gasteiger partial charge < -0.3 is 4.90 Å². The third-order valence-electron chi connectivity index (χ3n) is 3.79. The van der Waals surface area contributed by atoms with Crippen LogP contribution in [0.15, 0.2) is 24.3 Å². The van der Waals surface area contributed by atoms with Crippen LogP contribution in [0.2, 0.25) is 5.02 Å². The topological polar surface area (TPSA) is 58.1 Å². The van der Waals surface area contributed by atoms with Crippen molar-refractivity contribution in [3.05, 3.63) is 40.7 Å². The molecule has 1 aromatic carbocycles. The van der Waals surface area contributed by atoms with Crippen molar-refractivity contribution in [2.45, 2.75) is 25.7 Å². The molecule has 1 fully saturated rings. The summed E-state index contributed by atoms with van der Waals surface area (Å²) in [6.07, 6.45) is 2.08. The molecule has 1 unspecified atom stereocenters. The highest BCUT2D eigenvalue weighted by Gasteiger charge is 2.25. The first-order chi connectivity index (χ1) is 10.6. The normalized spacial score (nSPS) is 18.3. The molecule has 3 rings (SSSR count). The van der Waals surface area contributed by atoms with Gasteiger partial charge in [0.25, 0.3) is 0 Å². The molecule has 0 bridgehead atoms. The van der Waals surface area contributed by atoms with Crippen molar-refractivity contribution in [3.8, 4) is 0 Å². The summed E-state index contributed by atoms with van der Waals surface area (Å²) in [4.78, 5) is 18.4. The number of benzene rings is 1. The lowest BCUT2D eigenvalue weighted by atomic mass is 9.91. The smallest absolute Gasteiger partial charge is 0.323 e. The number of carbonyl (C=O) groups is 1. The zero-order valence-electron chi connectivity index (χ0n) is 12.3. The number of aromatic nitrogens is 2. The molecule has 0 radical (unpaired) electrons. The Labute approximate surface area is 138 Å². The van der Waals surface area contributed by atoms with E-state index >= 15 is 0 Å². The molecule has 5 nitrogen and oxygen atoms in total. The highest BCUT2D eigenvalue weighted by molar-refractivity contribution is 7.09. The minimum Gasteiger partial charge on any atom is -0.324 e. The van der Waals surface area contributed by atoms with E-state index in [0.29, 0.717) is 23.4 Å². The first-order valence-electron chi connectivity index (χ1n) is 7.23. The van der Waals surface area contributed by atoms with Gasteiger partial charge in [0.05, 0.1) is 0 Å². The third kappa shape index (κ3) is 3.56. The number of nitrogens with one attached hydrogen (secondary N) is 1. The Morgan fingerprint density at radius 2 is 2.18 bits per heavy atom. The Balaban J connectivity index is 1.64. The number of halogens is 1. The van der Waals surface area contributed by atoms with E-state index in [1.807, 2.05) is 36.1 Å². The number of aryl methyl sites for hydroxylation is 1. The summed E-state index contributed by atoms with van der Waals surface area (Å²) in [6, 6.07) is 7.79. The Morgan fingerprint density at radius 3 is 2.86 bits per heavy atom. The van der Waals surface area contributed by atoms with Gasteiger partial charge in [0, 0.05) is 35.6 Å². The van der Waals surface area contributed by atoms with Gasteiger partial charge in [0.2, 0.25) is 5.13 Å². The Morgan fingerprint density at radius 1 is 1.41 bits per heavy atom. The van der Waals surface area contributed by atoms with E-state index in [9.17, 15) is 4.79 Å². The molecule has 22 heavy (non-hydrogen) atoms. The SMILES string of the molecule is Cc1nsc(NC(=O)N2CCCC(c3ccc(Cl)cc3)C2)n1. The van der Waals surface area contributed by atoms with Crippen molar-refractivity contribution in [2.24, 2.45) is 0 Å². The van der Waals surface area contributed by atoms with Gasteiger partial charge in [-0.2, -0.15) is 4.37 Å². The Bertz CT molecular complexity index is 658. The molecule has 1 N–H and O–H groups in total. The van der Waals surface area contributed by atoms with Gasteiger partial charge in [-0.15, -0.1) is 0 Å². The predicted molar refractivity (Wildman–Crippen MR) is 88.7 cm³/mol. The zero-order valence-corrected chi connectivity index (χ0v) is 13.8. The monoisotopic (exact) mass is 336 g/mol. The summed E-state index contributed by atoms with van der Waals surface area (Å²) in [6.45, 7) is 3.29. The number of hydrogen-bond donors (Lipinski definition) is 1. The molecule has 116 valence electrons.